The molecule has 0 aliphatic carbocycles. The molecule has 5 rings (SSSR count). The van der Waals surface area contributed by atoms with Crippen LogP contribution in [0.15, 0.2) is 30.5 Å². The van der Waals surface area contributed by atoms with Crippen LogP contribution in [0.5, 0.6) is 11.6 Å². The fourth-order valence-corrected chi connectivity index (χ4v) is 4.67. The van der Waals surface area contributed by atoms with Crippen molar-refractivity contribution < 1.29 is 9.47 Å². The van der Waals surface area contributed by atoms with Crippen LogP contribution in [-0.2, 0) is 6.42 Å². The summed E-state index contributed by atoms with van der Waals surface area (Å²) >= 11 is 1.67. The maximum Gasteiger partial charge on any atom is 0.232 e. The summed E-state index contributed by atoms with van der Waals surface area (Å²) in [5, 5.41) is 0.933. The summed E-state index contributed by atoms with van der Waals surface area (Å²) in [5.41, 5.74) is 11.7. The molecule has 27 heavy (non-hydrogen) atoms. The van der Waals surface area contributed by atoms with Crippen LogP contribution in [0.3, 0.4) is 0 Å². The van der Waals surface area contributed by atoms with E-state index in [1.165, 1.54) is 5.56 Å². The fraction of sp³-hybridized carbons (Fsp3) is 0.250. The molecule has 0 saturated heterocycles. The maximum atomic E-state index is 5.91. The number of ether oxygens (including phenoxy) is 2. The molecule has 0 saturated carbocycles. The Balaban J connectivity index is 1.70. The average Bonchev–Trinajstić information content (AvgIpc) is 3.29. The van der Waals surface area contributed by atoms with Crippen LogP contribution >= 0.6 is 11.3 Å². The molecule has 1 aliphatic heterocycles. The van der Waals surface area contributed by atoms with E-state index in [9.17, 15) is 0 Å². The van der Waals surface area contributed by atoms with Crippen molar-refractivity contribution in [3.63, 3.8) is 0 Å². The van der Waals surface area contributed by atoms with Gasteiger partial charge < -0.3 is 15.2 Å². The van der Waals surface area contributed by atoms with E-state index in [0.29, 0.717) is 12.4 Å². The Hall–Kier alpha value is -2.77. The van der Waals surface area contributed by atoms with Crippen LogP contribution in [0.25, 0.3) is 31.8 Å². The summed E-state index contributed by atoms with van der Waals surface area (Å²) in [6.07, 6.45) is 2.52. The number of fused-ring (bicyclic) bond motifs is 4. The van der Waals surface area contributed by atoms with Gasteiger partial charge in [-0.15, -0.1) is 11.3 Å². The van der Waals surface area contributed by atoms with E-state index >= 15 is 0 Å². The number of hydrogen-bond donors (Lipinski definition) is 1. The summed E-state index contributed by atoms with van der Waals surface area (Å²) in [5.74, 6) is 1.43. The van der Waals surface area contributed by atoms with E-state index < -0.39 is 0 Å². The predicted molar refractivity (Wildman–Crippen MR) is 107 cm³/mol. The van der Waals surface area contributed by atoms with Crippen molar-refractivity contribution >= 4 is 32.6 Å². The quantitative estimate of drug-likeness (QED) is 0.588. The first kappa shape index (κ1) is 16.4. The Morgan fingerprint density at radius 3 is 2.96 bits per heavy atom. The molecule has 0 fully saturated rings. The van der Waals surface area contributed by atoms with E-state index in [4.69, 9.17) is 20.2 Å². The van der Waals surface area contributed by atoms with Crippen molar-refractivity contribution in [1.29, 1.82) is 0 Å². The van der Waals surface area contributed by atoms with Gasteiger partial charge in [-0.25, -0.2) is 15.0 Å². The van der Waals surface area contributed by atoms with Crippen LogP contribution in [-0.4, -0.2) is 34.7 Å². The fourth-order valence-electron chi connectivity index (χ4n) is 3.54. The molecule has 2 aromatic heterocycles. The summed E-state index contributed by atoms with van der Waals surface area (Å²) in [6, 6.07) is 8.13. The highest BCUT2D eigenvalue weighted by Gasteiger charge is 2.25. The van der Waals surface area contributed by atoms with E-state index in [2.05, 4.69) is 23.0 Å². The van der Waals surface area contributed by atoms with E-state index in [-0.39, 0.29) is 6.10 Å². The largest absolute Gasteiger partial charge is 0.488 e. The van der Waals surface area contributed by atoms with Crippen LogP contribution in [0.1, 0.15) is 11.1 Å². The van der Waals surface area contributed by atoms with Gasteiger partial charge in [-0.1, -0.05) is 0 Å². The third-order valence-corrected chi connectivity index (χ3v) is 5.98. The third kappa shape index (κ3) is 2.62. The number of aryl methyl sites for hydroxylation is 1. The molecule has 1 unspecified atom stereocenters. The number of benzene rings is 2. The standard InChI is InChI=1S/C20H18N4O2S/c1-10-5-13(18-15(6-10)23-17(25-2)9-22-18)20-24-14-3-4-16-12(19(14)27-20)7-11(8-21)26-16/h3-6,9,11H,7-8,21H2,1-2H3. The molecule has 0 bridgehead atoms. The molecule has 1 aliphatic rings. The van der Waals surface area contributed by atoms with Crippen molar-refractivity contribution in [2.75, 3.05) is 13.7 Å². The van der Waals surface area contributed by atoms with Crippen molar-refractivity contribution in [3.8, 4) is 22.2 Å². The van der Waals surface area contributed by atoms with Gasteiger partial charge in [0.2, 0.25) is 5.88 Å². The van der Waals surface area contributed by atoms with Gasteiger partial charge in [0.05, 0.1) is 34.6 Å². The van der Waals surface area contributed by atoms with Gasteiger partial charge in [-0.2, -0.15) is 0 Å². The van der Waals surface area contributed by atoms with Gasteiger partial charge in [0.15, 0.2) is 0 Å². The molecule has 136 valence electrons. The highest BCUT2D eigenvalue weighted by atomic mass is 32.1. The van der Waals surface area contributed by atoms with E-state index in [1.54, 1.807) is 24.6 Å². The molecule has 0 radical (unpaired) electrons. The van der Waals surface area contributed by atoms with Gasteiger partial charge in [0.1, 0.15) is 16.9 Å². The number of rotatable bonds is 3. The zero-order valence-corrected chi connectivity index (χ0v) is 15.8. The second-order valence-electron chi connectivity index (χ2n) is 6.68. The monoisotopic (exact) mass is 378 g/mol. The SMILES string of the molecule is COc1cnc2c(-c3nc4ccc5c(c4s3)CC(CN)O5)cc(C)cc2n1. The molecular weight excluding hydrogens is 360 g/mol. The second-order valence-corrected chi connectivity index (χ2v) is 7.68. The van der Waals surface area contributed by atoms with Gasteiger partial charge in [0, 0.05) is 24.1 Å². The molecule has 3 heterocycles. The number of aromatic nitrogens is 3. The molecule has 2 N–H and O–H groups in total. The minimum Gasteiger partial charge on any atom is -0.488 e. The van der Waals surface area contributed by atoms with Crippen molar-refractivity contribution in [2.24, 2.45) is 5.73 Å². The van der Waals surface area contributed by atoms with Crippen molar-refractivity contribution in [1.82, 2.24) is 15.0 Å². The van der Waals surface area contributed by atoms with Crippen LogP contribution in [0.2, 0.25) is 0 Å². The topological polar surface area (TPSA) is 83.2 Å². The highest BCUT2D eigenvalue weighted by molar-refractivity contribution is 7.22. The first-order valence-electron chi connectivity index (χ1n) is 8.77. The van der Waals surface area contributed by atoms with E-state index in [1.807, 2.05) is 18.2 Å². The van der Waals surface area contributed by atoms with Gasteiger partial charge in [-0.05, 0) is 36.8 Å². The highest BCUT2D eigenvalue weighted by Crippen LogP contribution is 2.41. The summed E-state index contributed by atoms with van der Waals surface area (Å²) in [4.78, 5) is 14.0. The van der Waals surface area contributed by atoms with Crippen LogP contribution in [0, 0.1) is 6.92 Å². The van der Waals surface area contributed by atoms with Gasteiger partial charge in [0.25, 0.3) is 0 Å². The lowest BCUT2D eigenvalue weighted by molar-refractivity contribution is 0.241. The Kier molecular flexibility index (Phi) is 3.73. The van der Waals surface area contributed by atoms with Gasteiger partial charge in [-0.3, -0.25) is 0 Å². The van der Waals surface area contributed by atoms with Crippen molar-refractivity contribution in [2.45, 2.75) is 19.4 Å². The van der Waals surface area contributed by atoms with Gasteiger partial charge >= 0.3 is 0 Å². The molecule has 0 amide bonds. The Morgan fingerprint density at radius 1 is 1.26 bits per heavy atom. The Morgan fingerprint density at radius 2 is 2.15 bits per heavy atom. The third-order valence-electron chi connectivity index (χ3n) is 4.81. The zero-order chi connectivity index (χ0) is 18.5. The Labute approximate surface area is 160 Å². The molecule has 2 aromatic carbocycles. The molecule has 7 heteroatoms. The van der Waals surface area contributed by atoms with Crippen molar-refractivity contribution in [3.05, 3.63) is 41.6 Å². The summed E-state index contributed by atoms with van der Waals surface area (Å²) in [6.45, 7) is 2.57. The number of nitrogens with zero attached hydrogens (tertiary/aromatic N) is 3. The number of hydrogen-bond acceptors (Lipinski definition) is 7. The Bertz CT molecular complexity index is 1190. The molecular formula is C20H18N4O2S. The van der Waals surface area contributed by atoms with Crippen LogP contribution in [0.4, 0.5) is 0 Å². The number of thiazole rings is 1. The minimum atomic E-state index is 0.0503. The molecule has 4 aromatic rings. The molecule has 0 spiro atoms. The lowest BCUT2D eigenvalue weighted by Gasteiger charge is -2.06. The second kappa shape index (κ2) is 6.14. The van der Waals surface area contributed by atoms with Crippen LogP contribution < -0.4 is 15.2 Å². The lowest BCUT2D eigenvalue weighted by Crippen LogP contribution is -2.24. The van der Waals surface area contributed by atoms with E-state index in [0.717, 1.165) is 49.6 Å². The predicted octanol–water partition coefficient (Wildman–Crippen LogP) is 3.49. The molecule has 1 atom stereocenters. The average molecular weight is 378 g/mol. The normalized spacial score (nSPS) is 15.9. The number of methoxy groups -OCH3 is 1. The minimum absolute atomic E-state index is 0.0503. The maximum absolute atomic E-state index is 5.91. The zero-order valence-electron chi connectivity index (χ0n) is 15.0. The molecule has 6 nitrogen and oxygen atoms in total. The first-order chi connectivity index (χ1) is 13.2. The lowest BCUT2D eigenvalue weighted by atomic mass is 10.1. The smallest absolute Gasteiger partial charge is 0.232 e. The summed E-state index contributed by atoms with van der Waals surface area (Å²) < 4.78 is 12.3. The number of nitrogens with two attached hydrogens (primary N) is 1. The summed E-state index contributed by atoms with van der Waals surface area (Å²) in [7, 11) is 1.59. The first-order valence-corrected chi connectivity index (χ1v) is 9.59.